The van der Waals surface area contributed by atoms with E-state index in [2.05, 4.69) is 10.6 Å². The molecule has 142 valence electrons. The number of benzene rings is 1. The Morgan fingerprint density at radius 1 is 1.19 bits per heavy atom. The lowest BCUT2D eigenvalue weighted by Gasteiger charge is -2.16. The minimum atomic E-state index is -1.28. The maximum absolute atomic E-state index is 12.0. The van der Waals surface area contributed by atoms with E-state index >= 15 is 0 Å². The van der Waals surface area contributed by atoms with Gasteiger partial charge in [0.2, 0.25) is 11.0 Å². The standard InChI is InChI=1S/C16H21N3O6S/c1-10(18-16(24)25-8-11-5-3-2-4-6-11)15(23)26-9-12(14(21)22)19-13(20)7-17/h2-6,10,12H,7-9,17H2,1H3,(H,18,24)(H,19,20)(H,21,22)/t10-,12-/m0/s1. The first-order chi connectivity index (χ1) is 12.3. The Balaban J connectivity index is 2.39. The minimum Gasteiger partial charge on any atom is -0.480 e. The van der Waals surface area contributed by atoms with E-state index in [4.69, 9.17) is 15.6 Å². The van der Waals surface area contributed by atoms with Crippen molar-refractivity contribution in [1.29, 1.82) is 0 Å². The maximum atomic E-state index is 12.0. The Morgan fingerprint density at radius 2 is 1.85 bits per heavy atom. The zero-order valence-corrected chi connectivity index (χ0v) is 15.0. The van der Waals surface area contributed by atoms with Gasteiger partial charge in [-0.15, -0.1) is 0 Å². The van der Waals surface area contributed by atoms with Crippen LogP contribution in [0.25, 0.3) is 0 Å². The van der Waals surface area contributed by atoms with Crippen LogP contribution in [-0.4, -0.2) is 52.6 Å². The Labute approximate surface area is 154 Å². The van der Waals surface area contributed by atoms with Gasteiger partial charge in [-0.1, -0.05) is 42.1 Å². The number of nitrogens with two attached hydrogens (primary N) is 1. The summed E-state index contributed by atoms with van der Waals surface area (Å²) in [6.07, 6.45) is -0.762. The summed E-state index contributed by atoms with van der Waals surface area (Å²) in [4.78, 5) is 45.9. The summed E-state index contributed by atoms with van der Waals surface area (Å²) in [5.41, 5.74) is 5.91. The van der Waals surface area contributed by atoms with Crippen molar-refractivity contribution in [2.75, 3.05) is 12.3 Å². The van der Waals surface area contributed by atoms with Crippen LogP contribution in [0.3, 0.4) is 0 Å². The molecule has 0 bridgehead atoms. The Bertz CT molecular complexity index is 640. The number of carboxylic acid groups (broad SMARTS) is 1. The summed E-state index contributed by atoms with van der Waals surface area (Å²) in [6.45, 7) is 1.16. The van der Waals surface area contributed by atoms with Gasteiger partial charge in [0.1, 0.15) is 12.6 Å². The van der Waals surface area contributed by atoms with Gasteiger partial charge in [-0.3, -0.25) is 9.59 Å². The van der Waals surface area contributed by atoms with E-state index in [1.807, 2.05) is 18.2 Å². The molecule has 1 aromatic carbocycles. The number of thioether (sulfide) groups is 1. The van der Waals surface area contributed by atoms with E-state index in [1.165, 1.54) is 6.92 Å². The number of rotatable bonds is 9. The number of alkyl carbamates (subject to hydrolysis) is 1. The van der Waals surface area contributed by atoms with Crippen molar-refractivity contribution >= 4 is 34.8 Å². The van der Waals surface area contributed by atoms with Gasteiger partial charge in [-0.25, -0.2) is 9.59 Å². The average Bonchev–Trinajstić information content (AvgIpc) is 2.63. The Morgan fingerprint density at radius 3 is 2.42 bits per heavy atom. The molecule has 0 aliphatic rings. The molecule has 0 aliphatic carbocycles. The van der Waals surface area contributed by atoms with Crippen LogP contribution in [0.4, 0.5) is 4.79 Å². The number of carbonyl (C=O) groups is 4. The predicted octanol–water partition coefficient (Wildman–Crippen LogP) is 0.0892. The van der Waals surface area contributed by atoms with Crippen LogP contribution in [0.1, 0.15) is 12.5 Å². The smallest absolute Gasteiger partial charge is 0.408 e. The number of nitrogens with one attached hydrogen (secondary N) is 2. The van der Waals surface area contributed by atoms with E-state index in [9.17, 15) is 19.2 Å². The maximum Gasteiger partial charge on any atom is 0.408 e. The van der Waals surface area contributed by atoms with Gasteiger partial charge in [-0.2, -0.15) is 0 Å². The third-order valence-electron chi connectivity index (χ3n) is 3.11. The van der Waals surface area contributed by atoms with Crippen molar-refractivity contribution in [3.63, 3.8) is 0 Å². The summed E-state index contributed by atoms with van der Waals surface area (Å²) in [5.74, 6) is -2.11. The quantitative estimate of drug-likeness (QED) is 0.469. The van der Waals surface area contributed by atoms with Gasteiger partial charge < -0.3 is 26.2 Å². The van der Waals surface area contributed by atoms with E-state index in [1.54, 1.807) is 12.1 Å². The molecule has 9 nitrogen and oxygen atoms in total. The van der Waals surface area contributed by atoms with Crippen LogP contribution in [0.15, 0.2) is 30.3 Å². The number of hydrogen-bond donors (Lipinski definition) is 4. The largest absolute Gasteiger partial charge is 0.480 e. The molecule has 0 aromatic heterocycles. The van der Waals surface area contributed by atoms with Crippen molar-refractivity contribution in [1.82, 2.24) is 10.6 Å². The molecule has 0 radical (unpaired) electrons. The second-order valence-corrected chi connectivity index (χ2v) is 6.24. The summed E-state index contributed by atoms with van der Waals surface area (Å²) >= 11 is 0.684. The summed E-state index contributed by atoms with van der Waals surface area (Å²) < 4.78 is 5.00. The molecule has 26 heavy (non-hydrogen) atoms. The number of ether oxygens (including phenoxy) is 1. The first-order valence-corrected chi connectivity index (χ1v) is 8.68. The van der Waals surface area contributed by atoms with Crippen LogP contribution >= 0.6 is 11.8 Å². The van der Waals surface area contributed by atoms with Crippen LogP contribution in [0.2, 0.25) is 0 Å². The molecule has 0 saturated heterocycles. The predicted molar refractivity (Wildman–Crippen MR) is 95.3 cm³/mol. The van der Waals surface area contributed by atoms with Crippen molar-refractivity contribution < 1.29 is 29.0 Å². The van der Waals surface area contributed by atoms with Gasteiger partial charge in [0, 0.05) is 5.75 Å². The molecule has 0 spiro atoms. The molecule has 1 aromatic rings. The lowest BCUT2D eigenvalue weighted by atomic mass is 10.2. The fraction of sp³-hybridized carbons (Fsp3) is 0.375. The summed E-state index contributed by atoms with van der Waals surface area (Å²) in [5, 5.41) is 13.1. The fourth-order valence-corrected chi connectivity index (χ4v) is 2.58. The summed E-state index contributed by atoms with van der Waals surface area (Å²) in [6, 6.07) is 6.89. The van der Waals surface area contributed by atoms with Crippen LogP contribution < -0.4 is 16.4 Å². The van der Waals surface area contributed by atoms with Crippen molar-refractivity contribution in [3.8, 4) is 0 Å². The first-order valence-electron chi connectivity index (χ1n) is 7.69. The van der Waals surface area contributed by atoms with Crippen molar-refractivity contribution in [2.45, 2.75) is 25.6 Å². The molecule has 1 rings (SSSR count). The molecule has 2 amide bonds. The van der Waals surface area contributed by atoms with Crippen LogP contribution in [0, 0.1) is 0 Å². The van der Waals surface area contributed by atoms with E-state index < -0.39 is 35.2 Å². The number of aliphatic carboxylic acids is 1. The summed E-state index contributed by atoms with van der Waals surface area (Å²) in [7, 11) is 0. The lowest BCUT2D eigenvalue weighted by Crippen LogP contribution is -2.46. The molecule has 10 heteroatoms. The molecule has 0 aliphatic heterocycles. The first kappa shape index (κ1) is 21.5. The zero-order chi connectivity index (χ0) is 19.5. The highest BCUT2D eigenvalue weighted by Gasteiger charge is 2.23. The molecule has 0 fully saturated rings. The average molecular weight is 383 g/mol. The van der Waals surface area contributed by atoms with Crippen LogP contribution in [0.5, 0.6) is 0 Å². The molecular formula is C16H21N3O6S. The Kier molecular flexibility index (Phi) is 9.17. The highest BCUT2D eigenvalue weighted by Crippen LogP contribution is 2.09. The molecule has 0 saturated carbocycles. The normalized spacial score (nSPS) is 12.5. The molecular weight excluding hydrogens is 362 g/mol. The SMILES string of the molecule is C[C@H](NC(=O)OCc1ccccc1)C(=O)SC[C@H](NC(=O)CN)C(=O)O. The molecule has 5 N–H and O–H groups in total. The minimum absolute atomic E-state index is 0.0624. The van der Waals surface area contributed by atoms with Gasteiger partial charge in [-0.05, 0) is 12.5 Å². The van der Waals surface area contributed by atoms with Crippen LogP contribution in [-0.2, 0) is 25.7 Å². The topological polar surface area (TPSA) is 148 Å². The van der Waals surface area contributed by atoms with Crippen molar-refractivity contribution in [2.24, 2.45) is 5.73 Å². The van der Waals surface area contributed by atoms with E-state index in [0.29, 0.717) is 11.8 Å². The second kappa shape index (κ2) is 11.1. The third kappa shape index (κ3) is 7.99. The lowest BCUT2D eigenvalue weighted by molar-refractivity contribution is -0.140. The van der Waals surface area contributed by atoms with Gasteiger partial charge in [0.15, 0.2) is 0 Å². The number of carbonyl (C=O) groups excluding carboxylic acids is 3. The molecule has 0 heterocycles. The third-order valence-corrected chi connectivity index (χ3v) is 4.25. The van der Waals surface area contributed by atoms with E-state index in [-0.39, 0.29) is 18.9 Å². The number of hydrogen-bond acceptors (Lipinski definition) is 7. The molecule has 2 atom stereocenters. The number of carboxylic acids is 1. The Hall–Kier alpha value is -2.59. The second-order valence-electron chi connectivity index (χ2n) is 5.22. The van der Waals surface area contributed by atoms with Crippen molar-refractivity contribution in [3.05, 3.63) is 35.9 Å². The monoisotopic (exact) mass is 383 g/mol. The molecule has 0 unspecified atom stereocenters. The number of amides is 2. The van der Waals surface area contributed by atoms with Gasteiger partial charge in [0.05, 0.1) is 12.6 Å². The zero-order valence-electron chi connectivity index (χ0n) is 14.1. The van der Waals surface area contributed by atoms with Gasteiger partial charge >= 0.3 is 12.1 Å². The van der Waals surface area contributed by atoms with Gasteiger partial charge in [0.25, 0.3) is 0 Å². The fourth-order valence-electron chi connectivity index (χ4n) is 1.72. The highest BCUT2D eigenvalue weighted by molar-refractivity contribution is 8.13. The highest BCUT2D eigenvalue weighted by atomic mass is 32.2. The van der Waals surface area contributed by atoms with E-state index in [0.717, 1.165) is 5.56 Å².